The third-order valence-corrected chi connectivity index (χ3v) is 2.20. The van der Waals surface area contributed by atoms with Crippen molar-refractivity contribution >= 4 is 23.7 Å². The van der Waals surface area contributed by atoms with Crippen molar-refractivity contribution in [2.75, 3.05) is 5.32 Å². The average Bonchev–Trinajstić information content (AvgIpc) is 2.39. The SMILES string of the molecule is N=Cc1cnc(C(=O)O)nc1Nc1ccccc1. The fourth-order valence-electron chi connectivity index (χ4n) is 1.36. The molecule has 0 saturated heterocycles. The Hall–Kier alpha value is -2.76. The van der Waals surface area contributed by atoms with E-state index in [9.17, 15) is 4.79 Å². The molecule has 6 nitrogen and oxygen atoms in total. The highest BCUT2D eigenvalue weighted by molar-refractivity contribution is 5.88. The number of carboxylic acid groups (broad SMARTS) is 1. The van der Waals surface area contributed by atoms with Gasteiger partial charge >= 0.3 is 5.97 Å². The van der Waals surface area contributed by atoms with Crippen molar-refractivity contribution in [3.8, 4) is 0 Å². The smallest absolute Gasteiger partial charge is 0.374 e. The summed E-state index contributed by atoms with van der Waals surface area (Å²) in [5.74, 6) is -1.22. The minimum Gasteiger partial charge on any atom is -0.475 e. The van der Waals surface area contributed by atoms with E-state index in [1.165, 1.54) is 6.20 Å². The van der Waals surface area contributed by atoms with E-state index < -0.39 is 5.97 Å². The highest BCUT2D eigenvalue weighted by atomic mass is 16.4. The number of para-hydroxylation sites is 1. The van der Waals surface area contributed by atoms with Crippen LogP contribution in [-0.2, 0) is 0 Å². The van der Waals surface area contributed by atoms with Gasteiger partial charge in [-0.2, -0.15) is 0 Å². The zero-order valence-corrected chi connectivity index (χ0v) is 9.29. The maximum Gasteiger partial charge on any atom is 0.374 e. The second kappa shape index (κ2) is 5.05. The van der Waals surface area contributed by atoms with E-state index in [1.807, 2.05) is 30.3 Å². The van der Waals surface area contributed by atoms with Gasteiger partial charge in [0.15, 0.2) is 0 Å². The molecule has 2 rings (SSSR count). The number of aromatic carboxylic acids is 1. The van der Waals surface area contributed by atoms with E-state index in [4.69, 9.17) is 10.5 Å². The van der Waals surface area contributed by atoms with Gasteiger partial charge in [0.1, 0.15) is 5.82 Å². The largest absolute Gasteiger partial charge is 0.475 e. The van der Waals surface area contributed by atoms with Crippen LogP contribution in [0.4, 0.5) is 11.5 Å². The Bertz CT molecular complexity index is 584. The minimum atomic E-state index is -1.21. The summed E-state index contributed by atoms with van der Waals surface area (Å²) in [5.41, 5.74) is 1.18. The van der Waals surface area contributed by atoms with E-state index in [0.29, 0.717) is 11.4 Å². The average molecular weight is 242 g/mol. The first-order valence-electron chi connectivity index (χ1n) is 5.13. The molecule has 1 aromatic carbocycles. The molecule has 1 aromatic heterocycles. The first-order chi connectivity index (χ1) is 8.70. The summed E-state index contributed by atoms with van der Waals surface area (Å²) in [6.45, 7) is 0. The monoisotopic (exact) mass is 242 g/mol. The van der Waals surface area contributed by atoms with Gasteiger partial charge in [-0.1, -0.05) is 18.2 Å². The van der Waals surface area contributed by atoms with Crippen molar-refractivity contribution in [1.82, 2.24) is 9.97 Å². The maximum absolute atomic E-state index is 10.8. The molecule has 0 aliphatic heterocycles. The molecule has 6 heteroatoms. The normalized spacial score (nSPS) is 9.78. The van der Waals surface area contributed by atoms with Crippen LogP contribution in [0.5, 0.6) is 0 Å². The Balaban J connectivity index is 2.38. The van der Waals surface area contributed by atoms with E-state index in [0.717, 1.165) is 11.9 Å². The van der Waals surface area contributed by atoms with Crippen LogP contribution in [0.3, 0.4) is 0 Å². The molecule has 18 heavy (non-hydrogen) atoms. The Morgan fingerprint density at radius 1 is 1.33 bits per heavy atom. The lowest BCUT2D eigenvalue weighted by Gasteiger charge is -2.08. The summed E-state index contributed by atoms with van der Waals surface area (Å²) in [7, 11) is 0. The molecule has 1 heterocycles. The number of nitrogens with one attached hydrogen (secondary N) is 2. The molecule has 0 radical (unpaired) electrons. The van der Waals surface area contributed by atoms with Crippen molar-refractivity contribution in [2.45, 2.75) is 0 Å². The van der Waals surface area contributed by atoms with E-state index in [1.54, 1.807) is 0 Å². The lowest BCUT2D eigenvalue weighted by molar-refractivity contribution is 0.0683. The van der Waals surface area contributed by atoms with Crippen molar-refractivity contribution < 1.29 is 9.90 Å². The molecule has 0 unspecified atom stereocenters. The molecular formula is C12H10N4O2. The van der Waals surface area contributed by atoms with Crippen molar-refractivity contribution in [2.24, 2.45) is 0 Å². The van der Waals surface area contributed by atoms with Crippen LogP contribution < -0.4 is 5.32 Å². The zero-order chi connectivity index (χ0) is 13.0. The Kier molecular flexibility index (Phi) is 3.29. The van der Waals surface area contributed by atoms with Crippen molar-refractivity contribution in [3.05, 3.63) is 47.9 Å². The number of nitrogens with zero attached hydrogens (tertiary/aromatic N) is 2. The molecule has 0 atom stereocenters. The van der Waals surface area contributed by atoms with Crippen LogP contribution in [0.25, 0.3) is 0 Å². The third-order valence-electron chi connectivity index (χ3n) is 2.20. The molecule has 0 fully saturated rings. The number of aromatic nitrogens is 2. The van der Waals surface area contributed by atoms with Gasteiger partial charge in [0, 0.05) is 18.1 Å². The number of hydrogen-bond donors (Lipinski definition) is 3. The number of benzene rings is 1. The van der Waals surface area contributed by atoms with Crippen molar-refractivity contribution in [1.29, 1.82) is 5.41 Å². The summed E-state index contributed by atoms with van der Waals surface area (Å²) in [4.78, 5) is 18.3. The fraction of sp³-hybridized carbons (Fsp3) is 0. The van der Waals surface area contributed by atoms with Gasteiger partial charge in [0.05, 0.1) is 5.56 Å². The van der Waals surface area contributed by atoms with Crippen LogP contribution in [0.1, 0.15) is 16.2 Å². The molecule has 90 valence electrons. The second-order valence-electron chi connectivity index (χ2n) is 3.44. The predicted molar refractivity (Wildman–Crippen MR) is 66.6 cm³/mol. The molecule has 0 saturated carbocycles. The molecule has 0 spiro atoms. The molecule has 0 aliphatic carbocycles. The lowest BCUT2D eigenvalue weighted by Crippen LogP contribution is -2.08. The van der Waals surface area contributed by atoms with Crippen LogP contribution in [-0.4, -0.2) is 27.3 Å². The highest BCUT2D eigenvalue weighted by Gasteiger charge is 2.10. The molecule has 3 N–H and O–H groups in total. The third kappa shape index (κ3) is 2.49. The molecule has 0 bridgehead atoms. The van der Waals surface area contributed by atoms with Gasteiger partial charge in [-0.25, -0.2) is 14.8 Å². The van der Waals surface area contributed by atoms with Crippen LogP contribution in [0.2, 0.25) is 0 Å². The minimum absolute atomic E-state index is 0.295. The number of carboxylic acids is 1. The molecular weight excluding hydrogens is 232 g/mol. The maximum atomic E-state index is 10.8. The number of rotatable bonds is 4. The summed E-state index contributed by atoms with van der Waals surface area (Å²) < 4.78 is 0. The van der Waals surface area contributed by atoms with E-state index >= 15 is 0 Å². The number of carbonyl (C=O) groups is 1. The topological polar surface area (TPSA) is 99.0 Å². The van der Waals surface area contributed by atoms with Gasteiger partial charge in [-0.05, 0) is 12.1 Å². The van der Waals surface area contributed by atoms with Gasteiger partial charge in [-0.3, -0.25) is 0 Å². The molecule has 2 aromatic rings. The summed E-state index contributed by atoms with van der Waals surface area (Å²) in [6.07, 6.45) is 2.37. The Labute approximate surface area is 103 Å². The summed E-state index contributed by atoms with van der Waals surface area (Å²) >= 11 is 0. The predicted octanol–water partition coefficient (Wildman–Crippen LogP) is 1.92. The number of anilines is 2. The summed E-state index contributed by atoms with van der Waals surface area (Å²) in [6, 6.07) is 9.18. The van der Waals surface area contributed by atoms with Crippen LogP contribution in [0, 0.1) is 5.41 Å². The first-order valence-corrected chi connectivity index (χ1v) is 5.13. The second-order valence-corrected chi connectivity index (χ2v) is 3.44. The van der Waals surface area contributed by atoms with Crippen molar-refractivity contribution in [3.63, 3.8) is 0 Å². The lowest BCUT2D eigenvalue weighted by atomic mass is 10.3. The first kappa shape index (κ1) is 11.7. The Morgan fingerprint density at radius 2 is 2.06 bits per heavy atom. The van der Waals surface area contributed by atoms with Gasteiger partial charge in [0.2, 0.25) is 5.82 Å². The fourth-order valence-corrected chi connectivity index (χ4v) is 1.36. The zero-order valence-electron chi connectivity index (χ0n) is 9.29. The van der Waals surface area contributed by atoms with Gasteiger partial charge in [0.25, 0.3) is 0 Å². The quantitative estimate of drug-likeness (QED) is 0.711. The Morgan fingerprint density at radius 3 is 2.67 bits per heavy atom. The van der Waals surface area contributed by atoms with Crippen LogP contribution >= 0.6 is 0 Å². The van der Waals surface area contributed by atoms with Gasteiger partial charge < -0.3 is 15.8 Å². The molecule has 0 amide bonds. The standard InChI is InChI=1S/C12H10N4O2/c13-6-8-7-14-11(12(17)18)16-10(8)15-9-4-2-1-3-5-9/h1-7,13H,(H,17,18)(H,14,15,16). The van der Waals surface area contributed by atoms with E-state index in [2.05, 4.69) is 15.3 Å². The number of hydrogen-bond acceptors (Lipinski definition) is 5. The van der Waals surface area contributed by atoms with E-state index in [-0.39, 0.29) is 5.82 Å². The van der Waals surface area contributed by atoms with Crippen LogP contribution in [0.15, 0.2) is 36.5 Å². The summed E-state index contributed by atoms with van der Waals surface area (Å²) in [5, 5.41) is 19.0. The van der Waals surface area contributed by atoms with Gasteiger partial charge in [-0.15, -0.1) is 0 Å². The highest BCUT2D eigenvalue weighted by Crippen LogP contribution is 2.16. The molecule has 0 aliphatic rings.